The van der Waals surface area contributed by atoms with Gasteiger partial charge in [-0.05, 0) is 36.2 Å². The number of anilines is 2. The monoisotopic (exact) mass is 405 g/mol. The average Bonchev–Trinajstić information content (AvgIpc) is 2.78. The minimum Gasteiger partial charge on any atom is -0.494 e. The van der Waals surface area contributed by atoms with Crippen LogP contribution in [0.3, 0.4) is 0 Å². The summed E-state index contributed by atoms with van der Waals surface area (Å²) in [4.78, 5) is 1.50. The summed E-state index contributed by atoms with van der Waals surface area (Å²) in [5, 5.41) is 0. The summed E-state index contributed by atoms with van der Waals surface area (Å²) >= 11 is 7.47. The number of hydrogen-bond acceptors (Lipinski definition) is 2. The van der Waals surface area contributed by atoms with E-state index in [2.05, 4.69) is 79.5 Å². The van der Waals surface area contributed by atoms with E-state index in [1.807, 2.05) is 12.1 Å². The van der Waals surface area contributed by atoms with E-state index in [-0.39, 0.29) is 0 Å². The van der Waals surface area contributed by atoms with Gasteiger partial charge in [0.2, 0.25) is 0 Å². The molecular weight excluding hydrogens is 378 g/mol. The van der Waals surface area contributed by atoms with E-state index in [0.29, 0.717) is 0 Å². The van der Waals surface area contributed by atoms with E-state index in [4.69, 9.17) is 16.3 Å². The molecule has 0 atom stereocenters. The lowest BCUT2D eigenvalue weighted by atomic mass is 9.79. The van der Waals surface area contributed by atoms with E-state index in [0.717, 1.165) is 46.8 Å². The van der Waals surface area contributed by atoms with Gasteiger partial charge in [-0.1, -0.05) is 74.7 Å². The van der Waals surface area contributed by atoms with Gasteiger partial charge in [-0.2, -0.15) is 0 Å². The highest BCUT2D eigenvalue weighted by atomic mass is 35.5. The predicted molar refractivity (Wildman–Crippen MR) is 123 cm³/mol. The number of alkyl halides is 1. The molecule has 3 aromatic carbocycles. The molecule has 0 bridgehead atoms. The normalized spacial score (nSPS) is 14.2. The van der Waals surface area contributed by atoms with Crippen molar-refractivity contribution in [2.45, 2.75) is 37.5 Å². The Morgan fingerprint density at radius 2 is 1.38 bits per heavy atom. The van der Waals surface area contributed by atoms with Gasteiger partial charge >= 0.3 is 0 Å². The summed E-state index contributed by atoms with van der Waals surface area (Å²) in [5.41, 5.74) is 5.55. The van der Waals surface area contributed by atoms with Crippen molar-refractivity contribution >= 4 is 23.0 Å². The van der Waals surface area contributed by atoms with Crippen LogP contribution in [0.4, 0.5) is 11.4 Å². The number of benzene rings is 3. The Morgan fingerprint density at radius 1 is 0.793 bits per heavy atom. The van der Waals surface area contributed by atoms with Gasteiger partial charge in [0.05, 0.1) is 6.61 Å². The van der Waals surface area contributed by atoms with Crippen LogP contribution in [0.2, 0.25) is 0 Å². The van der Waals surface area contributed by atoms with Crippen LogP contribution in [0.25, 0.3) is 0 Å². The van der Waals surface area contributed by atoms with Crippen molar-refractivity contribution in [2.24, 2.45) is 0 Å². The van der Waals surface area contributed by atoms with Crippen molar-refractivity contribution in [3.05, 3.63) is 89.5 Å². The number of ether oxygens (including phenoxy) is 1. The third-order valence-electron chi connectivity index (χ3n) is 5.79. The number of hydrogen-bond donors (Lipinski definition) is 0. The lowest BCUT2D eigenvalue weighted by molar-refractivity contribution is 0.305. The SMILES string of the molecule is CCCCCCOc1ccc(C2(Cl)c3ccccc3N(C)c3ccccc32)cc1. The van der Waals surface area contributed by atoms with E-state index in [1.165, 1.54) is 19.3 Å². The lowest BCUT2D eigenvalue weighted by Crippen LogP contribution is -2.32. The van der Waals surface area contributed by atoms with Gasteiger partial charge in [0, 0.05) is 29.5 Å². The Bertz CT molecular complexity index is 919. The molecule has 4 rings (SSSR count). The molecule has 0 unspecified atom stereocenters. The zero-order valence-electron chi connectivity index (χ0n) is 17.2. The fourth-order valence-electron chi connectivity index (χ4n) is 4.20. The zero-order chi connectivity index (χ0) is 20.3. The summed E-state index contributed by atoms with van der Waals surface area (Å²) in [5.74, 6) is 0.903. The molecule has 29 heavy (non-hydrogen) atoms. The molecule has 0 aromatic heterocycles. The standard InChI is InChI=1S/C26H28ClNO/c1-3-4-5-10-19-29-21-17-15-20(16-18-21)26(27)22-11-6-8-13-24(22)28(2)25-14-9-7-12-23(25)26/h6-9,11-18H,3-5,10,19H2,1-2H3. The Balaban J connectivity index is 1.67. The summed E-state index contributed by atoms with van der Waals surface area (Å²) in [6.45, 7) is 2.99. The third kappa shape index (κ3) is 3.62. The van der Waals surface area contributed by atoms with Gasteiger partial charge in [0.15, 0.2) is 0 Å². The van der Waals surface area contributed by atoms with Crippen LogP contribution < -0.4 is 9.64 Å². The maximum atomic E-state index is 7.47. The highest BCUT2D eigenvalue weighted by molar-refractivity contribution is 6.29. The fourth-order valence-corrected chi connectivity index (χ4v) is 4.65. The van der Waals surface area contributed by atoms with Gasteiger partial charge in [0.25, 0.3) is 0 Å². The number of nitrogens with zero attached hydrogens (tertiary/aromatic N) is 1. The zero-order valence-corrected chi connectivity index (χ0v) is 18.0. The number of halogens is 1. The fraction of sp³-hybridized carbons (Fsp3) is 0.308. The molecule has 0 amide bonds. The summed E-state index contributed by atoms with van der Waals surface area (Å²) < 4.78 is 5.93. The van der Waals surface area contributed by atoms with Gasteiger partial charge in [-0.15, -0.1) is 11.6 Å². The number of rotatable bonds is 7. The Labute approximate surface area is 179 Å². The number of unbranched alkanes of at least 4 members (excludes halogenated alkanes) is 3. The maximum Gasteiger partial charge on any atom is 0.123 e. The highest BCUT2D eigenvalue weighted by Gasteiger charge is 2.42. The van der Waals surface area contributed by atoms with Crippen LogP contribution in [-0.4, -0.2) is 13.7 Å². The van der Waals surface area contributed by atoms with E-state index in [9.17, 15) is 0 Å². The van der Waals surface area contributed by atoms with Crippen molar-refractivity contribution in [1.29, 1.82) is 0 Å². The molecule has 3 heteroatoms. The first-order chi connectivity index (χ1) is 14.2. The van der Waals surface area contributed by atoms with Crippen LogP contribution in [-0.2, 0) is 4.87 Å². The topological polar surface area (TPSA) is 12.5 Å². The molecule has 1 heterocycles. The molecule has 150 valence electrons. The van der Waals surface area contributed by atoms with Crippen LogP contribution in [0.15, 0.2) is 72.8 Å². The molecule has 2 nitrogen and oxygen atoms in total. The second-order valence-electron chi connectivity index (χ2n) is 7.69. The van der Waals surface area contributed by atoms with Crippen molar-refractivity contribution in [1.82, 2.24) is 0 Å². The van der Waals surface area contributed by atoms with E-state index >= 15 is 0 Å². The van der Waals surface area contributed by atoms with Gasteiger partial charge in [-0.3, -0.25) is 0 Å². The molecule has 1 aliphatic heterocycles. The highest BCUT2D eigenvalue weighted by Crippen LogP contribution is 2.54. The molecule has 0 radical (unpaired) electrons. The summed E-state index contributed by atoms with van der Waals surface area (Å²) in [6, 6.07) is 25.1. The molecule has 0 aliphatic carbocycles. The van der Waals surface area contributed by atoms with Gasteiger partial charge in [0.1, 0.15) is 10.6 Å². The van der Waals surface area contributed by atoms with E-state index < -0.39 is 4.87 Å². The first-order valence-electron chi connectivity index (χ1n) is 10.5. The Morgan fingerprint density at radius 3 is 1.97 bits per heavy atom. The molecule has 0 N–H and O–H groups in total. The van der Waals surface area contributed by atoms with Crippen molar-refractivity contribution in [3.63, 3.8) is 0 Å². The molecular formula is C26H28ClNO. The number of para-hydroxylation sites is 2. The third-order valence-corrected chi connectivity index (χ3v) is 6.42. The van der Waals surface area contributed by atoms with Crippen LogP contribution in [0.5, 0.6) is 5.75 Å². The van der Waals surface area contributed by atoms with Crippen molar-refractivity contribution < 1.29 is 4.74 Å². The quantitative estimate of drug-likeness (QED) is 0.303. The van der Waals surface area contributed by atoms with Crippen molar-refractivity contribution in [3.8, 4) is 5.75 Å². The van der Waals surface area contributed by atoms with Gasteiger partial charge in [-0.25, -0.2) is 0 Å². The number of fused-ring (bicyclic) bond motifs is 2. The smallest absolute Gasteiger partial charge is 0.123 e. The van der Waals surface area contributed by atoms with Crippen LogP contribution in [0.1, 0.15) is 49.3 Å². The van der Waals surface area contributed by atoms with Crippen molar-refractivity contribution in [2.75, 3.05) is 18.6 Å². The first kappa shape index (κ1) is 19.8. The second kappa shape index (κ2) is 8.51. The van der Waals surface area contributed by atoms with E-state index in [1.54, 1.807) is 0 Å². The molecule has 1 aliphatic rings. The minimum absolute atomic E-state index is 0.723. The Hall–Kier alpha value is -2.45. The largest absolute Gasteiger partial charge is 0.494 e. The first-order valence-corrected chi connectivity index (χ1v) is 10.9. The predicted octanol–water partition coefficient (Wildman–Crippen LogP) is 7.26. The van der Waals surface area contributed by atoms with Crippen LogP contribution >= 0.6 is 11.6 Å². The lowest BCUT2D eigenvalue weighted by Gasteiger charge is -2.41. The molecule has 0 spiro atoms. The average molecular weight is 406 g/mol. The molecule has 3 aromatic rings. The molecule has 0 fully saturated rings. The minimum atomic E-state index is -0.723. The van der Waals surface area contributed by atoms with Crippen LogP contribution in [0, 0.1) is 0 Å². The summed E-state index contributed by atoms with van der Waals surface area (Å²) in [7, 11) is 2.10. The Kier molecular flexibility index (Phi) is 5.82. The second-order valence-corrected chi connectivity index (χ2v) is 8.25. The molecule has 0 saturated carbocycles. The molecule has 0 saturated heterocycles. The summed E-state index contributed by atoms with van der Waals surface area (Å²) in [6.07, 6.45) is 4.83. The maximum absolute atomic E-state index is 7.47. The van der Waals surface area contributed by atoms with Gasteiger partial charge < -0.3 is 9.64 Å².